The number of anilines is 2. The van der Waals surface area contributed by atoms with Crippen molar-refractivity contribution in [1.29, 1.82) is 0 Å². The van der Waals surface area contributed by atoms with Crippen molar-refractivity contribution in [2.45, 2.75) is 44.9 Å². The van der Waals surface area contributed by atoms with E-state index in [1.165, 1.54) is 16.8 Å². The first kappa shape index (κ1) is 43.2. The number of ether oxygens (including phenoxy) is 2. The Morgan fingerprint density at radius 3 is 2.17 bits per heavy atom. The fraction of sp³-hybridized carbons (Fsp3) is 0.244. The standard InChI is InChI=1S/C19H17BrClN5O2.C18H16BrN7.C8H10N2/c1-27-12-7-6-11(15(8-12)28-2)10-22-19-24-17-13(4-3-5-14(17)20)18-23-16(9-21)25-26(18)19;19-13-5-1-4-12-16(13)23-18(20)26-17(12)22-15(24-26)10-25-8-6-11-3-2-7-21-14(11)9-25;1-2-7-3-5-9-6-8(7)10-4-1/h3-8H,9-10H2,1-2H3,(H,22,24);1-5,7H,6,8-10H2,(H2,20,23);1-2,4,9H,3,5-6H2. The number of nitrogen functional groups attached to an aromatic ring is 1. The number of para-hydroxylation sites is 2. The van der Waals surface area contributed by atoms with Crippen molar-refractivity contribution in [1.82, 2.24) is 59.3 Å². The molecule has 0 saturated carbocycles. The molecule has 0 bridgehead atoms. The molecular formula is C45H43Br2ClN14O2. The Morgan fingerprint density at radius 2 is 1.45 bits per heavy atom. The lowest BCUT2D eigenvalue weighted by molar-refractivity contribution is 0.236. The van der Waals surface area contributed by atoms with E-state index >= 15 is 0 Å². The number of halogens is 3. The highest BCUT2D eigenvalue weighted by Gasteiger charge is 2.21. The Kier molecular flexibility index (Phi) is 13.1. The second-order valence-corrected chi connectivity index (χ2v) is 17.0. The predicted octanol–water partition coefficient (Wildman–Crippen LogP) is 7.71. The van der Waals surface area contributed by atoms with Crippen molar-refractivity contribution >= 4 is 88.5 Å². The Bertz CT molecular complexity index is 3100. The minimum absolute atomic E-state index is 0.225. The van der Waals surface area contributed by atoms with Gasteiger partial charge in [-0.25, -0.2) is 19.9 Å². The van der Waals surface area contributed by atoms with Gasteiger partial charge < -0.3 is 25.8 Å². The Morgan fingerprint density at radius 1 is 0.766 bits per heavy atom. The van der Waals surface area contributed by atoms with Crippen LogP contribution in [0.3, 0.4) is 0 Å². The lowest BCUT2D eigenvalue weighted by Crippen LogP contribution is -2.31. The van der Waals surface area contributed by atoms with Crippen molar-refractivity contribution in [2.75, 3.05) is 38.4 Å². The van der Waals surface area contributed by atoms with Crippen LogP contribution in [0.2, 0.25) is 0 Å². The number of benzene rings is 3. The van der Waals surface area contributed by atoms with Crippen molar-refractivity contribution < 1.29 is 9.47 Å². The second-order valence-electron chi connectivity index (χ2n) is 15.0. The number of hydrogen-bond acceptors (Lipinski definition) is 14. The maximum atomic E-state index is 6.11. The van der Waals surface area contributed by atoms with E-state index in [4.69, 9.17) is 36.8 Å². The molecule has 0 spiro atoms. The smallest absolute Gasteiger partial charge is 0.226 e. The van der Waals surface area contributed by atoms with E-state index in [9.17, 15) is 0 Å². The van der Waals surface area contributed by atoms with Gasteiger partial charge >= 0.3 is 0 Å². The third kappa shape index (κ3) is 9.14. The van der Waals surface area contributed by atoms with E-state index in [1.807, 2.05) is 79.1 Å². The first-order valence-electron chi connectivity index (χ1n) is 20.5. The van der Waals surface area contributed by atoms with Crippen LogP contribution in [0.15, 0.2) is 100 Å². The van der Waals surface area contributed by atoms with Crippen LogP contribution in [0.4, 0.5) is 11.9 Å². The molecule has 0 fully saturated rings. The molecule has 0 saturated heterocycles. The molecule has 11 rings (SSSR count). The van der Waals surface area contributed by atoms with Crippen LogP contribution in [-0.2, 0) is 44.9 Å². The summed E-state index contributed by atoms with van der Waals surface area (Å²) < 4.78 is 15.8. The number of nitrogens with two attached hydrogens (primary N) is 1. The van der Waals surface area contributed by atoms with Crippen LogP contribution in [0.5, 0.6) is 11.5 Å². The van der Waals surface area contributed by atoms with Crippen molar-refractivity contribution in [3.63, 3.8) is 0 Å². The van der Waals surface area contributed by atoms with Crippen molar-refractivity contribution in [3.05, 3.63) is 140 Å². The first-order valence-corrected chi connectivity index (χ1v) is 22.6. The zero-order valence-corrected chi connectivity index (χ0v) is 38.9. The summed E-state index contributed by atoms with van der Waals surface area (Å²) in [4.78, 5) is 29.6. The van der Waals surface area contributed by atoms with Gasteiger partial charge in [0.1, 0.15) is 11.5 Å². The molecule has 9 aromatic rings. The highest BCUT2D eigenvalue weighted by molar-refractivity contribution is 9.11. The number of methoxy groups -OCH3 is 2. The van der Waals surface area contributed by atoms with Crippen LogP contribution >= 0.6 is 43.5 Å². The van der Waals surface area contributed by atoms with Crippen LogP contribution in [0, 0.1) is 0 Å². The molecule has 8 heterocycles. The van der Waals surface area contributed by atoms with Gasteiger partial charge in [-0.2, -0.15) is 9.03 Å². The minimum Gasteiger partial charge on any atom is -0.497 e. The topological polar surface area (TPSA) is 184 Å². The van der Waals surface area contributed by atoms with E-state index in [1.54, 1.807) is 23.3 Å². The van der Waals surface area contributed by atoms with Crippen LogP contribution in [0.25, 0.3) is 33.1 Å². The average molecular weight is 1010 g/mol. The van der Waals surface area contributed by atoms with E-state index in [0.29, 0.717) is 36.5 Å². The van der Waals surface area contributed by atoms with E-state index < -0.39 is 0 Å². The lowest BCUT2D eigenvalue weighted by atomic mass is 10.1. The quantitative estimate of drug-likeness (QED) is 0.126. The number of nitrogens with one attached hydrogen (secondary N) is 2. The molecular weight excluding hydrogens is 964 g/mol. The fourth-order valence-electron chi connectivity index (χ4n) is 7.74. The summed E-state index contributed by atoms with van der Waals surface area (Å²) in [5, 5.41) is 17.5. The molecule has 0 aliphatic carbocycles. The Balaban J connectivity index is 0.000000134. The number of rotatable bonds is 8. The number of fused-ring (bicyclic) bond motifs is 8. The molecule has 16 nitrogen and oxygen atoms in total. The van der Waals surface area contributed by atoms with Gasteiger partial charge in [0.2, 0.25) is 11.9 Å². The summed E-state index contributed by atoms with van der Waals surface area (Å²) in [7, 11) is 3.26. The summed E-state index contributed by atoms with van der Waals surface area (Å²) >= 11 is 13.1. The number of hydrogen-bond donors (Lipinski definition) is 3. The van der Waals surface area contributed by atoms with Gasteiger partial charge in [-0.05, 0) is 111 Å². The van der Waals surface area contributed by atoms with Crippen LogP contribution < -0.4 is 25.8 Å². The molecule has 64 heavy (non-hydrogen) atoms. The molecule has 3 aromatic carbocycles. The maximum absolute atomic E-state index is 6.11. The molecule has 0 atom stereocenters. The number of aromatic nitrogens is 10. The number of alkyl halides is 1. The van der Waals surface area contributed by atoms with Gasteiger partial charge in [0, 0.05) is 69.9 Å². The highest BCUT2D eigenvalue weighted by Crippen LogP contribution is 2.30. The largest absolute Gasteiger partial charge is 0.497 e. The number of nitrogens with zero attached hydrogens (tertiary/aromatic N) is 11. The minimum atomic E-state index is 0.225. The SMILES string of the molecule is COc1ccc(CNc2nc3c(Br)cccc3c3nc(CCl)nn23)c(OC)c1.Nc1nc2c(Br)cccc2c2nc(CN3CCc4cccnc4C3)nn12.c1cnc2c(c1)CCNC2. The summed E-state index contributed by atoms with van der Waals surface area (Å²) in [5.41, 5.74) is 15.2. The van der Waals surface area contributed by atoms with E-state index in [0.717, 1.165) is 104 Å². The van der Waals surface area contributed by atoms with Gasteiger partial charge in [0.25, 0.3) is 0 Å². The van der Waals surface area contributed by atoms with E-state index in [-0.39, 0.29) is 5.88 Å². The third-order valence-electron chi connectivity index (χ3n) is 10.9. The van der Waals surface area contributed by atoms with Gasteiger partial charge in [0.15, 0.2) is 22.9 Å². The monoisotopic (exact) mass is 1000 g/mol. The van der Waals surface area contributed by atoms with Crippen LogP contribution in [0.1, 0.15) is 39.7 Å². The lowest BCUT2D eigenvalue weighted by Gasteiger charge is -2.26. The molecule has 0 amide bonds. The van der Waals surface area contributed by atoms with Gasteiger partial charge in [-0.15, -0.1) is 21.8 Å². The van der Waals surface area contributed by atoms with Crippen molar-refractivity contribution in [2.24, 2.45) is 0 Å². The molecule has 326 valence electrons. The fourth-order valence-corrected chi connectivity index (χ4v) is 8.77. The summed E-state index contributed by atoms with van der Waals surface area (Å²) in [6, 6.07) is 25.7. The molecule has 0 radical (unpaired) electrons. The molecule has 2 aliphatic heterocycles. The van der Waals surface area contributed by atoms with E-state index in [2.05, 4.69) is 89.7 Å². The molecule has 6 aromatic heterocycles. The molecule has 19 heteroatoms. The maximum Gasteiger partial charge on any atom is 0.226 e. The Labute approximate surface area is 389 Å². The molecule has 0 unspecified atom stereocenters. The van der Waals surface area contributed by atoms with Crippen molar-refractivity contribution in [3.8, 4) is 11.5 Å². The first-order chi connectivity index (χ1) is 31.3. The molecule has 2 aliphatic rings. The summed E-state index contributed by atoms with van der Waals surface area (Å²) in [5.74, 6) is 3.87. The van der Waals surface area contributed by atoms with Gasteiger partial charge in [-0.3, -0.25) is 14.9 Å². The summed E-state index contributed by atoms with van der Waals surface area (Å²) in [6.07, 6.45) is 5.83. The normalized spacial score (nSPS) is 13.5. The zero-order valence-electron chi connectivity index (χ0n) is 35.0. The zero-order chi connectivity index (χ0) is 44.2. The second kappa shape index (κ2) is 19.4. The molecule has 4 N–H and O–H groups in total. The third-order valence-corrected chi connectivity index (χ3v) is 12.5. The van der Waals surface area contributed by atoms with Gasteiger partial charge in [0.05, 0.1) is 49.1 Å². The summed E-state index contributed by atoms with van der Waals surface area (Å²) in [6.45, 7) is 4.96. The van der Waals surface area contributed by atoms with Crippen LogP contribution in [-0.4, -0.2) is 81.3 Å². The van der Waals surface area contributed by atoms with Gasteiger partial charge in [-0.1, -0.05) is 24.3 Å². The average Bonchev–Trinajstić information content (AvgIpc) is 3.98. The highest BCUT2D eigenvalue weighted by atomic mass is 79.9. The predicted molar refractivity (Wildman–Crippen MR) is 255 cm³/mol. The number of pyridine rings is 2. The Hall–Kier alpha value is -6.05.